The summed E-state index contributed by atoms with van der Waals surface area (Å²) in [6, 6.07) is 5.57. The zero-order chi connectivity index (χ0) is 13.2. The number of aromatic hydroxyl groups is 1. The molecule has 0 amide bonds. The van der Waals surface area contributed by atoms with Crippen molar-refractivity contribution >= 4 is 0 Å². The van der Waals surface area contributed by atoms with Gasteiger partial charge in [0.2, 0.25) is 5.92 Å². The molecule has 1 fully saturated rings. The Kier molecular flexibility index (Phi) is 3.88. The maximum atomic E-state index is 13.1. The Hall–Kier alpha value is -1.12. The van der Waals surface area contributed by atoms with Crippen molar-refractivity contribution in [3.05, 3.63) is 29.3 Å². The smallest absolute Gasteiger partial charge is 0.248 e. The van der Waals surface area contributed by atoms with Crippen LogP contribution in [0.2, 0.25) is 0 Å². The standard InChI is InChI=1S/C15H20F2O/c1-2-3-13-10-12(4-5-14(13)18)11-6-8-15(16,17)9-7-11/h4-5,10-11,18H,2-3,6-9H2,1H3. The average Bonchev–Trinajstić information content (AvgIpc) is 2.32. The van der Waals surface area contributed by atoms with Gasteiger partial charge >= 0.3 is 0 Å². The summed E-state index contributed by atoms with van der Waals surface area (Å²) in [6.07, 6.45) is 2.87. The molecule has 1 aromatic carbocycles. The van der Waals surface area contributed by atoms with E-state index >= 15 is 0 Å². The highest BCUT2D eigenvalue weighted by atomic mass is 19.3. The van der Waals surface area contributed by atoms with E-state index in [4.69, 9.17) is 0 Å². The van der Waals surface area contributed by atoms with Crippen LogP contribution in [0, 0.1) is 0 Å². The lowest BCUT2D eigenvalue weighted by Gasteiger charge is -2.28. The number of alkyl halides is 2. The topological polar surface area (TPSA) is 20.2 Å². The maximum Gasteiger partial charge on any atom is 0.248 e. The molecule has 3 heteroatoms. The third-order valence-corrected chi connectivity index (χ3v) is 3.81. The minimum atomic E-state index is -2.47. The molecule has 0 spiro atoms. The lowest BCUT2D eigenvalue weighted by atomic mass is 9.81. The van der Waals surface area contributed by atoms with Crippen LogP contribution in [0.4, 0.5) is 8.78 Å². The maximum absolute atomic E-state index is 13.1. The Balaban J connectivity index is 2.12. The van der Waals surface area contributed by atoms with Crippen LogP contribution in [0.5, 0.6) is 5.75 Å². The Morgan fingerprint density at radius 2 is 1.94 bits per heavy atom. The van der Waals surface area contributed by atoms with Crippen LogP contribution >= 0.6 is 0 Å². The van der Waals surface area contributed by atoms with E-state index < -0.39 is 5.92 Å². The first kappa shape index (κ1) is 13.3. The number of phenolic OH excluding ortho intramolecular Hbond substituents is 1. The largest absolute Gasteiger partial charge is 0.508 e. The van der Waals surface area contributed by atoms with Crippen LogP contribution in [0.15, 0.2) is 18.2 Å². The molecule has 1 aromatic rings. The molecular weight excluding hydrogens is 234 g/mol. The van der Waals surface area contributed by atoms with Gasteiger partial charge in [-0.2, -0.15) is 0 Å². The summed E-state index contributed by atoms with van der Waals surface area (Å²) in [6.45, 7) is 2.06. The molecule has 2 rings (SSSR count). The Morgan fingerprint density at radius 3 is 2.56 bits per heavy atom. The zero-order valence-corrected chi connectivity index (χ0v) is 10.8. The summed E-state index contributed by atoms with van der Waals surface area (Å²) in [5.41, 5.74) is 2.04. The first-order chi connectivity index (χ1) is 8.52. The number of phenols is 1. The molecule has 1 aliphatic rings. The van der Waals surface area contributed by atoms with E-state index in [9.17, 15) is 13.9 Å². The molecule has 1 nitrogen and oxygen atoms in total. The Morgan fingerprint density at radius 1 is 1.28 bits per heavy atom. The van der Waals surface area contributed by atoms with Crippen molar-refractivity contribution in [2.24, 2.45) is 0 Å². The fourth-order valence-corrected chi connectivity index (χ4v) is 2.70. The molecule has 0 aromatic heterocycles. The normalized spacial score (nSPS) is 19.9. The average molecular weight is 254 g/mol. The highest BCUT2D eigenvalue weighted by Gasteiger charge is 2.35. The van der Waals surface area contributed by atoms with E-state index in [0.717, 1.165) is 24.0 Å². The van der Waals surface area contributed by atoms with Gasteiger partial charge in [0.25, 0.3) is 0 Å². The molecule has 1 aliphatic carbocycles. The summed E-state index contributed by atoms with van der Waals surface area (Å²) >= 11 is 0. The van der Waals surface area contributed by atoms with Gasteiger partial charge in [0.15, 0.2) is 0 Å². The van der Waals surface area contributed by atoms with Crippen molar-refractivity contribution in [3.8, 4) is 5.75 Å². The number of halogens is 2. The van der Waals surface area contributed by atoms with E-state index in [0.29, 0.717) is 18.6 Å². The highest BCUT2D eigenvalue weighted by Crippen LogP contribution is 2.41. The molecule has 0 unspecified atom stereocenters. The Labute approximate surface area is 107 Å². The zero-order valence-electron chi connectivity index (χ0n) is 10.8. The third-order valence-electron chi connectivity index (χ3n) is 3.81. The number of benzene rings is 1. The minimum Gasteiger partial charge on any atom is -0.508 e. The van der Waals surface area contributed by atoms with Crippen LogP contribution in [0.25, 0.3) is 0 Å². The number of aryl methyl sites for hydroxylation is 1. The lowest BCUT2D eigenvalue weighted by Crippen LogP contribution is -2.23. The molecule has 0 heterocycles. The molecule has 0 radical (unpaired) electrons. The molecule has 1 N–H and O–H groups in total. The predicted octanol–water partition coefficient (Wildman–Crippen LogP) is 4.64. The molecule has 100 valence electrons. The summed E-state index contributed by atoms with van der Waals surface area (Å²) < 4.78 is 26.2. The quantitative estimate of drug-likeness (QED) is 0.833. The molecule has 0 aliphatic heterocycles. The second-order valence-corrected chi connectivity index (χ2v) is 5.27. The summed E-state index contributed by atoms with van der Waals surface area (Å²) in [7, 11) is 0. The van der Waals surface area contributed by atoms with E-state index in [-0.39, 0.29) is 18.8 Å². The molecule has 18 heavy (non-hydrogen) atoms. The first-order valence-electron chi connectivity index (χ1n) is 6.71. The van der Waals surface area contributed by atoms with Gasteiger partial charge in [-0.05, 0) is 42.4 Å². The van der Waals surface area contributed by atoms with Gasteiger partial charge in [-0.1, -0.05) is 25.5 Å². The van der Waals surface area contributed by atoms with E-state index in [1.54, 1.807) is 6.07 Å². The second-order valence-electron chi connectivity index (χ2n) is 5.27. The van der Waals surface area contributed by atoms with E-state index in [1.165, 1.54) is 0 Å². The molecule has 1 saturated carbocycles. The van der Waals surface area contributed by atoms with E-state index in [2.05, 4.69) is 6.92 Å². The molecule has 0 bridgehead atoms. The molecular formula is C15H20F2O. The summed E-state index contributed by atoms with van der Waals surface area (Å²) in [5.74, 6) is -1.93. The Bertz CT molecular complexity index is 405. The second kappa shape index (κ2) is 5.25. The van der Waals surface area contributed by atoms with Gasteiger partial charge in [-0.25, -0.2) is 8.78 Å². The van der Waals surface area contributed by atoms with Crippen LogP contribution in [-0.2, 0) is 6.42 Å². The van der Waals surface area contributed by atoms with Gasteiger partial charge in [0.05, 0.1) is 0 Å². The van der Waals surface area contributed by atoms with Crippen molar-refractivity contribution in [1.29, 1.82) is 0 Å². The van der Waals surface area contributed by atoms with Crippen LogP contribution in [-0.4, -0.2) is 11.0 Å². The summed E-state index contributed by atoms with van der Waals surface area (Å²) in [4.78, 5) is 0. The number of hydrogen-bond acceptors (Lipinski definition) is 1. The first-order valence-corrected chi connectivity index (χ1v) is 6.71. The van der Waals surface area contributed by atoms with Crippen LogP contribution in [0.1, 0.15) is 56.1 Å². The van der Waals surface area contributed by atoms with Gasteiger partial charge in [-0.15, -0.1) is 0 Å². The highest BCUT2D eigenvalue weighted by molar-refractivity contribution is 5.37. The predicted molar refractivity (Wildman–Crippen MR) is 68.3 cm³/mol. The third kappa shape index (κ3) is 3.01. The van der Waals surface area contributed by atoms with Gasteiger partial charge < -0.3 is 5.11 Å². The SMILES string of the molecule is CCCc1cc(C2CCC(F)(F)CC2)ccc1O. The minimum absolute atomic E-state index is 0.0122. The number of rotatable bonds is 3. The fraction of sp³-hybridized carbons (Fsp3) is 0.600. The number of hydrogen-bond donors (Lipinski definition) is 1. The van der Waals surface area contributed by atoms with Crippen molar-refractivity contribution in [2.75, 3.05) is 0 Å². The van der Waals surface area contributed by atoms with Gasteiger partial charge in [0.1, 0.15) is 5.75 Å². The molecule has 0 saturated heterocycles. The summed E-state index contributed by atoms with van der Waals surface area (Å²) in [5, 5.41) is 9.73. The molecule has 0 atom stereocenters. The van der Waals surface area contributed by atoms with Gasteiger partial charge in [-0.3, -0.25) is 0 Å². The fourth-order valence-electron chi connectivity index (χ4n) is 2.70. The van der Waals surface area contributed by atoms with Crippen LogP contribution in [0.3, 0.4) is 0 Å². The van der Waals surface area contributed by atoms with E-state index in [1.807, 2.05) is 12.1 Å². The van der Waals surface area contributed by atoms with Crippen molar-refractivity contribution in [2.45, 2.75) is 57.3 Å². The van der Waals surface area contributed by atoms with Crippen molar-refractivity contribution in [1.82, 2.24) is 0 Å². The van der Waals surface area contributed by atoms with Crippen molar-refractivity contribution < 1.29 is 13.9 Å². The van der Waals surface area contributed by atoms with Gasteiger partial charge in [0, 0.05) is 12.8 Å². The monoisotopic (exact) mass is 254 g/mol. The lowest BCUT2D eigenvalue weighted by molar-refractivity contribution is -0.0382. The van der Waals surface area contributed by atoms with Crippen molar-refractivity contribution in [3.63, 3.8) is 0 Å². The van der Waals surface area contributed by atoms with Crippen LogP contribution < -0.4 is 0 Å².